The van der Waals surface area contributed by atoms with E-state index in [0.29, 0.717) is 16.9 Å². The Morgan fingerprint density at radius 2 is 1.71 bits per heavy atom. The number of hydrogen-bond acceptors (Lipinski definition) is 5. The first-order chi connectivity index (χ1) is 9.78. The third-order valence-electron chi connectivity index (χ3n) is 2.64. The minimum absolute atomic E-state index is 0.0145. The molecule has 0 bridgehead atoms. The van der Waals surface area contributed by atoms with Crippen LogP contribution in [0.4, 0.5) is 0 Å². The SMILES string of the molecule is COc1cc(O)cc(-c2ccc(OP(=O)(O)O)c(O)c2)c1. The predicted molar refractivity (Wildman–Crippen MR) is 74.4 cm³/mol. The highest BCUT2D eigenvalue weighted by Crippen LogP contribution is 2.43. The summed E-state index contributed by atoms with van der Waals surface area (Å²) in [6.45, 7) is 0. The number of methoxy groups -OCH3 is 1. The monoisotopic (exact) mass is 312 g/mol. The van der Waals surface area contributed by atoms with Gasteiger partial charge in [-0.1, -0.05) is 6.07 Å². The zero-order valence-electron chi connectivity index (χ0n) is 10.9. The van der Waals surface area contributed by atoms with Gasteiger partial charge in [-0.15, -0.1) is 0 Å². The summed E-state index contributed by atoms with van der Waals surface area (Å²) >= 11 is 0. The first kappa shape index (κ1) is 15.2. The molecule has 8 heteroatoms. The molecule has 0 atom stereocenters. The topological polar surface area (TPSA) is 116 Å². The summed E-state index contributed by atoms with van der Waals surface area (Å²) < 4.78 is 20.1. The first-order valence-corrected chi connectivity index (χ1v) is 7.28. The third-order valence-corrected chi connectivity index (χ3v) is 3.07. The van der Waals surface area contributed by atoms with Gasteiger partial charge < -0.3 is 19.5 Å². The number of phenolic OH excluding ortho intramolecular Hbond substituents is 2. The second-order valence-electron chi connectivity index (χ2n) is 4.18. The lowest BCUT2D eigenvalue weighted by atomic mass is 10.0. The second-order valence-corrected chi connectivity index (χ2v) is 5.35. The molecule has 0 aromatic heterocycles. The zero-order chi connectivity index (χ0) is 15.6. The van der Waals surface area contributed by atoms with Crippen molar-refractivity contribution < 1.29 is 33.8 Å². The molecule has 2 aromatic rings. The van der Waals surface area contributed by atoms with Crippen molar-refractivity contribution in [2.45, 2.75) is 0 Å². The summed E-state index contributed by atoms with van der Waals surface area (Å²) in [6.07, 6.45) is 0. The van der Waals surface area contributed by atoms with E-state index in [9.17, 15) is 14.8 Å². The van der Waals surface area contributed by atoms with Gasteiger partial charge in [-0.2, -0.15) is 0 Å². The van der Waals surface area contributed by atoms with Crippen LogP contribution in [0.2, 0.25) is 0 Å². The summed E-state index contributed by atoms with van der Waals surface area (Å²) in [5.41, 5.74) is 1.07. The van der Waals surface area contributed by atoms with Crippen LogP contribution in [0, 0.1) is 0 Å². The fourth-order valence-corrected chi connectivity index (χ4v) is 2.18. The molecule has 2 rings (SSSR count). The summed E-state index contributed by atoms with van der Waals surface area (Å²) in [6, 6.07) is 8.49. The van der Waals surface area contributed by atoms with Crippen LogP contribution in [0.3, 0.4) is 0 Å². The van der Waals surface area contributed by atoms with Crippen LogP contribution < -0.4 is 9.26 Å². The molecule has 0 aliphatic carbocycles. The lowest BCUT2D eigenvalue weighted by Crippen LogP contribution is -1.91. The van der Waals surface area contributed by atoms with Crippen molar-refractivity contribution in [1.82, 2.24) is 0 Å². The molecule has 0 amide bonds. The van der Waals surface area contributed by atoms with Crippen molar-refractivity contribution in [2.75, 3.05) is 7.11 Å². The van der Waals surface area contributed by atoms with E-state index in [-0.39, 0.29) is 11.5 Å². The van der Waals surface area contributed by atoms with E-state index in [4.69, 9.17) is 14.5 Å². The van der Waals surface area contributed by atoms with Gasteiger partial charge >= 0.3 is 7.82 Å². The normalized spacial score (nSPS) is 11.2. The number of aromatic hydroxyl groups is 2. The molecule has 2 aromatic carbocycles. The molecule has 4 N–H and O–H groups in total. The highest BCUT2D eigenvalue weighted by atomic mass is 31.2. The van der Waals surface area contributed by atoms with Crippen molar-refractivity contribution in [3.8, 4) is 34.1 Å². The van der Waals surface area contributed by atoms with E-state index in [2.05, 4.69) is 4.52 Å². The van der Waals surface area contributed by atoms with Gasteiger partial charge in [0.15, 0.2) is 11.5 Å². The van der Waals surface area contributed by atoms with Crippen LogP contribution in [0.5, 0.6) is 23.0 Å². The molecule has 21 heavy (non-hydrogen) atoms. The van der Waals surface area contributed by atoms with Gasteiger partial charge in [-0.3, -0.25) is 9.79 Å². The van der Waals surface area contributed by atoms with Crippen molar-refractivity contribution in [3.63, 3.8) is 0 Å². The van der Waals surface area contributed by atoms with Gasteiger partial charge in [0, 0.05) is 6.07 Å². The van der Waals surface area contributed by atoms with Crippen molar-refractivity contribution in [1.29, 1.82) is 0 Å². The van der Waals surface area contributed by atoms with Crippen LogP contribution in [-0.4, -0.2) is 27.1 Å². The standard InChI is InChI=1S/C13H13O7P/c1-19-11-5-9(4-10(14)7-11)8-2-3-13(12(15)6-8)20-21(16,17)18/h2-7,14-15H,1H3,(H2,16,17,18). The quantitative estimate of drug-likeness (QED) is 0.640. The predicted octanol–water partition coefficient (Wildman–Crippen LogP) is 2.24. The number of phosphoric ester groups is 1. The lowest BCUT2D eigenvalue weighted by Gasteiger charge is -2.11. The van der Waals surface area contributed by atoms with E-state index in [1.54, 1.807) is 6.07 Å². The average Bonchev–Trinajstić information content (AvgIpc) is 2.39. The molecule has 0 saturated carbocycles. The second kappa shape index (κ2) is 5.65. The summed E-state index contributed by atoms with van der Waals surface area (Å²) in [4.78, 5) is 17.4. The summed E-state index contributed by atoms with van der Waals surface area (Å²) in [5.74, 6) is -0.350. The number of phenols is 2. The number of ether oxygens (including phenoxy) is 1. The van der Waals surface area contributed by atoms with Gasteiger partial charge in [0.1, 0.15) is 11.5 Å². The smallest absolute Gasteiger partial charge is 0.508 e. The molecule has 0 aliphatic rings. The van der Waals surface area contributed by atoms with Crippen molar-refractivity contribution in [3.05, 3.63) is 36.4 Å². The molecule has 0 radical (unpaired) electrons. The number of rotatable bonds is 4. The fourth-order valence-electron chi connectivity index (χ4n) is 1.77. The van der Waals surface area contributed by atoms with E-state index >= 15 is 0 Å². The molecule has 0 unspecified atom stereocenters. The minimum Gasteiger partial charge on any atom is -0.508 e. The maximum atomic E-state index is 10.7. The van der Waals surface area contributed by atoms with Crippen molar-refractivity contribution in [2.24, 2.45) is 0 Å². The Bertz CT molecular complexity index is 708. The van der Waals surface area contributed by atoms with E-state index < -0.39 is 13.6 Å². The Kier molecular flexibility index (Phi) is 4.09. The molecule has 0 spiro atoms. The molecule has 7 nitrogen and oxygen atoms in total. The van der Waals surface area contributed by atoms with E-state index in [0.717, 1.165) is 0 Å². The Morgan fingerprint density at radius 1 is 1.00 bits per heavy atom. The summed E-state index contributed by atoms with van der Waals surface area (Å²) in [5, 5.41) is 19.3. The maximum absolute atomic E-state index is 10.7. The van der Waals surface area contributed by atoms with Gasteiger partial charge in [0.25, 0.3) is 0 Å². The van der Waals surface area contributed by atoms with Crippen LogP contribution in [0.25, 0.3) is 11.1 Å². The van der Waals surface area contributed by atoms with Crippen LogP contribution in [0.15, 0.2) is 36.4 Å². The fraction of sp³-hybridized carbons (Fsp3) is 0.0769. The average molecular weight is 312 g/mol. The molecule has 0 fully saturated rings. The first-order valence-electron chi connectivity index (χ1n) is 5.75. The minimum atomic E-state index is -4.74. The Hall–Kier alpha value is -2.21. The molecular formula is C13H13O7P. The van der Waals surface area contributed by atoms with Crippen molar-refractivity contribution >= 4 is 7.82 Å². The zero-order valence-corrected chi connectivity index (χ0v) is 11.8. The van der Waals surface area contributed by atoms with Gasteiger partial charge in [0.2, 0.25) is 0 Å². The van der Waals surface area contributed by atoms with Crippen LogP contribution in [-0.2, 0) is 4.57 Å². The Morgan fingerprint density at radius 3 is 2.29 bits per heavy atom. The van der Waals surface area contributed by atoms with Crippen LogP contribution >= 0.6 is 7.82 Å². The highest BCUT2D eigenvalue weighted by Gasteiger charge is 2.18. The number of phosphoric acid groups is 1. The Labute approximate surface area is 120 Å². The molecule has 0 aliphatic heterocycles. The maximum Gasteiger partial charge on any atom is 0.524 e. The van der Waals surface area contributed by atoms with Crippen LogP contribution in [0.1, 0.15) is 0 Å². The molecule has 112 valence electrons. The number of benzene rings is 2. The van der Waals surface area contributed by atoms with Gasteiger partial charge in [0.05, 0.1) is 7.11 Å². The van der Waals surface area contributed by atoms with E-state index in [1.165, 1.54) is 37.4 Å². The third kappa shape index (κ3) is 3.88. The van der Waals surface area contributed by atoms with Gasteiger partial charge in [-0.05, 0) is 35.4 Å². The van der Waals surface area contributed by atoms with E-state index in [1.807, 2.05) is 0 Å². The molecular weight excluding hydrogens is 299 g/mol. The molecule has 0 saturated heterocycles. The largest absolute Gasteiger partial charge is 0.524 e. The molecule has 0 heterocycles. The summed E-state index contributed by atoms with van der Waals surface area (Å²) in [7, 11) is -3.29. The lowest BCUT2D eigenvalue weighted by molar-refractivity contribution is 0.278. The van der Waals surface area contributed by atoms with Gasteiger partial charge in [-0.25, -0.2) is 4.57 Å². The number of hydrogen-bond donors (Lipinski definition) is 4. The Balaban J connectivity index is 2.40. The highest BCUT2D eigenvalue weighted by molar-refractivity contribution is 7.46.